The average molecular weight is 232 g/mol. The van der Waals surface area contributed by atoms with Gasteiger partial charge in [-0.1, -0.05) is 11.6 Å². The first-order valence-corrected chi connectivity index (χ1v) is 6.13. The molecule has 4 heteroatoms. The third-order valence-corrected chi connectivity index (χ3v) is 3.86. The molecule has 1 N–H and O–H groups in total. The lowest BCUT2D eigenvalue weighted by Crippen LogP contribution is -2.31. The molecule has 1 aromatic rings. The second kappa shape index (κ2) is 4.62. The fraction of sp³-hybridized carbons (Fsp3) is 0.600. The molecular formula is C10H14ClNOS. The number of aliphatic hydroxyl groups excluding tert-OH is 1. The Morgan fingerprint density at radius 3 is 3.14 bits per heavy atom. The van der Waals surface area contributed by atoms with Crippen molar-refractivity contribution in [3.8, 4) is 0 Å². The summed E-state index contributed by atoms with van der Waals surface area (Å²) in [6.07, 6.45) is 2.32. The van der Waals surface area contributed by atoms with E-state index in [2.05, 4.69) is 10.3 Å². The maximum atomic E-state index is 9.15. The molecule has 2 nitrogen and oxygen atoms in total. The zero-order chi connectivity index (χ0) is 9.97. The van der Waals surface area contributed by atoms with Gasteiger partial charge in [-0.05, 0) is 36.4 Å². The van der Waals surface area contributed by atoms with Crippen LogP contribution in [0.25, 0.3) is 0 Å². The van der Waals surface area contributed by atoms with Crippen LogP contribution in [0, 0.1) is 0 Å². The summed E-state index contributed by atoms with van der Waals surface area (Å²) in [7, 11) is 0. The van der Waals surface area contributed by atoms with Gasteiger partial charge < -0.3 is 5.11 Å². The zero-order valence-electron chi connectivity index (χ0n) is 7.95. The Labute approximate surface area is 93.1 Å². The van der Waals surface area contributed by atoms with Crippen LogP contribution in [0.4, 0.5) is 0 Å². The first kappa shape index (κ1) is 10.4. The zero-order valence-corrected chi connectivity index (χ0v) is 9.52. The molecule has 0 amide bonds. The average Bonchev–Trinajstić information content (AvgIpc) is 2.76. The van der Waals surface area contributed by atoms with E-state index in [0.29, 0.717) is 6.04 Å². The first-order valence-electron chi connectivity index (χ1n) is 4.87. The van der Waals surface area contributed by atoms with Crippen LogP contribution in [0.3, 0.4) is 0 Å². The Hall–Kier alpha value is -0.0900. The van der Waals surface area contributed by atoms with Crippen LogP contribution in [0.5, 0.6) is 0 Å². The van der Waals surface area contributed by atoms with Gasteiger partial charge in [0.1, 0.15) is 0 Å². The van der Waals surface area contributed by atoms with E-state index < -0.39 is 0 Å². The van der Waals surface area contributed by atoms with Crippen molar-refractivity contribution in [2.45, 2.75) is 25.4 Å². The van der Waals surface area contributed by atoms with E-state index in [4.69, 9.17) is 16.7 Å². The number of likely N-dealkylation sites (tertiary alicyclic amines) is 1. The molecule has 2 heterocycles. The summed E-state index contributed by atoms with van der Waals surface area (Å²) in [6.45, 7) is 2.30. The predicted molar refractivity (Wildman–Crippen MR) is 59.8 cm³/mol. The summed E-state index contributed by atoms with van der Waals surface area (Å²) in [5.41, 5.74) is 1.26. The smallest absolute Gasteiger partial charge is 0.0931 e. The standard InChI is InChI=1S/C10H14ClNOS/c11-10-4-8(7-14-10)5-12-3-1-2-9(12)6-13/h4,7,9,13H,1-3,5-6H2/t9-/m1/s1. The van der Waals surface area contributed by atoms with Crippen molar-refractivity contribution in [1.29, 1.82) is 0 Å². The number of aliphatic hydroxyl groups is 1. The molecular weight excluding hydrogens is 218 g/mol. The van der Waals surface area contributed by atoms with Crippen molar-refractivity contribution >= 4 is 22.9 Å². The van der Waals surface area contributed by atoms with E-state index in [1.807, 2.05) is 6.07 Å². The van der Waals surface area contributed by atoms with Crippen molar-refractivity contribution in [1.82, 2.24) is 4.90 Å². The molecule has 0 saturated carbocycles. The lowest BCUT2D eigenvalue weighted by Gasteiger charge is -2.21. The van der Waals surface area contributed by atoms with Crippen LogP contribution >= 0.6 is 22.9 Å². The maximum absolute atomic E-state index is 9.15. The largest absolute Gasteiger partial charge is 0.395 e. The minimum atomic E-state index is 0.276. The van der Waals surface area contributed by atoms with Gasteiger partial charge in [0.15, 0.2) is 0 Å². The minimum Gasteiger partial charge on any atom is -0.395 e. The first-order chi connectivity index (χ1) is 6.79. The summed E-state index contributed by atoms with van der Waals surface area (Å²) >= 11 is 7.44. The van der Waals surface area contributed by atoms with Gasteiger partial charge in [-0.3, -0.25) is 4.90 Å². The van der Waals surface area contributed by atoms with Crippen molar-refractivity contribution in [3.05, 3.63) is 21.3 Å². The van der Waals surface area contributed by atoms with Crippen LogP contribution < -0.4 is 0 Å². The molecule has 1 atom stereocenters. The Kier molecular flexibility index (Phi) is 3.44. The van der Waals surface area contributed by atoms with Gasteiger partial charge in [-0.2, -0.15) is 0 Å². The summed E-state index contributed by atoms with van der Waals surface area (Å²) in [5, 5.41) is 11.2. The second-order valence-electron chi connectivity index (χ2n) is 3.71. The van der Waals surface area contributed by atoms with Crippen molar-refractivity contribution in [2.75, 3.05) is 13.2 Å². The van der Waals surface area contributed by atoms with Crippen LogP contribution in [0.15, 0.2) is 11.4 Å². The van der Waals surface area contributed by atoms with Crippen LogP contribution in [-0.4, -0.2) is 29.2 Å². The highest BCUT2D eigenvalue weighted by Crippen LogP contribution is 2.24. The molecule has 1 saturated heterocycles. The number of rotatable bonds is 3. The summed E-state index contributed by atoms with van der Waals surface area (Å²) in [5.74, 6) is 0. The SMILES string of the molecule is OC[C@H]1CCCN1Cc1csc(Cl)c1. The summed E-state index contributed by atoms with van der Waals surface area (Å²) < 4.78 is 0.847. The van der Waals surface area contributed by atoms with Crippen LogP contribution in [-0.2, 0) is 6.54 Å². The lowest BCUT2D eigenvalue weighted by molar-refractivity contribution is 0.154. The molecule has 0 bridgehead atoms. The predicted octanol–water partition coefficient (Wildman–Crippen LogP) is 2.36. The fourth-order valence-electron chi connectivity index (χ4n) is 1.97. The van der Waals surface area contributed by atoms with E-state index in [9.17, 15) is 0 Å². The van der Waals surface area contributed by atoms with Crippen LogP contribution in [0.2, 0.25) is 4.34 Å². The molecule has 1 fully saturated rings. The third kappa shape index (κ3) is 2.28. The highest BCUT2D eigenvalue weighted by Gasteiger charge is 2.23. The van der Waals surface area contributed by atoms with Gasteiger partial charge in [0.2, 0.25) is 0 Å². The Bertz CT molecular complexity index is 302. The Morgan fingerprint density at radius 1 is 1.64 bits per heavy atom. The van der Waals surface area contributed by atoms with Crippen molar-refractivity contribution < 1.29 is 5.11 Å². The molecule has 0 radical (unpaired) electrons. The molecule has 1 aliphatic rings. The fourth-order valence-corrected chi connectivity index (χ4v) is 2.87. The van der Waals surface area contributed by atoms with Gasteiger partial charge >= 0.3 is 0 Å². The molecule has 0 spiro atoms. The molecule has 2 rings (SSSR count). The van der Waals surface area contributed by atoms with Gasteiger partial charge in [-0.15, -0.1) is 11.3 Å². The number of thiophene rings is 1. The number of halogens is 1. The Morgan fingerprint density at radius 2 is 2.50 bits per heavy atom. The Balaban J connectivity index is 1.96. The molecule has 14 heavy (non-hydrogen) atoms. The molecule has 0 aromatic carbocycles. The normalized spacial score (nSPS) is 23.1. The van der Waals surface area contributed by atoms with E-state index in [-0.39, 0.29) is 6.61 Å². The van der Waals surface area contributed by atoms with Gasteiger partial charge in [0, 0.05) is 12.6 Å². The van der Waals surface area contributed by atoms with Gasteiger partial charge in [0.25, 0.3) is 0 Å². The molecule has 78 valence electrons. The van der Waals surface area contributed by atoms with E-state index in [0.717, 1.165) is 23.8 Å². The lowest BCUT2D eigenvalue weighted by atomic mass is 10.2. The second-order valence-corrected chi connectivity index (χ2v) is 5.25. The van der Waals surface area contributed by atoms with Gasteiger partial charge in [0.05, 0.1) is 10.9 Å². The third-order valence-electron chi connectivity index (χ3n) is 2.72. The summed E-state index contributed by atoms with van der Waals surface area (Å²) in [6, 6.07) is 2.37. The highest BCUT2D eigenvalue weighted by atomic mass is 35.5. The summed E-state index contributed by atoms with van der Waals surface area (Å²) in [4.78, 5) is 2.33. The van der Waals surface area contributed by atoms with E-state index in [1.54, 1.807) is 11.3 Å². The van der Waals surface area contributed by atoms with E-state index in [1.165, 1.54) is 12.0 Å². The van der Waals surface area contributed by atoms with Gasteiger partial charge in [-0.25, -0.2) is 0 Å². The maximum Gasteiger partial charge on any atom is 0.0931 e. The molecule has 0 unspecified atom stereocenters. The van der Waals surface area contributed by atoms with Crippen molar-refractivity contribution in [2.24, 2.45) is 0 Å². The number of hydrogen-bond acceptors (Lipinski definition) is 3. The minimum absolute atomic E-state index is 0.276. The van der Waals surface area contributed by atoms with Crippen molar-refractivity contribution in [3.63, 3.8) is 0 Å². The molecule has 1 aliphatic heterocycles. The van der Waals surface area contributed by atoms with Crippen LogP contribution in [0.1, 0.15) is 18.4 Å². The number of nitrogens with zero attached hydrogens (tertiary/aromatic N) is 1. The monoisotopic (exact) mass is 231 g/mol. The van der Waals surface area contributed by atoms with E-state index >= 15 is 0 Å². The topological polar surface area (TPSA) is 23.5 Å². The molecule has 0 aliphatic carbocycles. The molecule has 1 aromatic heterocycles. The quantitative estimate of drug-likeness (QED) is 0.864. The highest BCUT2D eigenvalue weighted by molar-refractivity contribution is 7.14. The number of hydrogen-bond donors (Lipinski definition) is 1.